The van der Waals surface area contributed by atoms with Crippen molar-refractivity contribution in [3.63, 3.8) is 0 Å². The van der Waals surface area contributed by atoms with Crippen LogP contribution in [0.1, 0.15) is 22.4 Å². The van der Waals surface area contributed by atoms with E-state index < -0.39 is 11.7 Å². The van der Waals surface area contributed by atoms with Crippen molar-refractivity contribution in [2.24, 2.45) is 0 Å². The van der Waals surface area contributed by atoms with Crippen molar-refractivity contribution in [1.29, 1.82) is 0 Å². The number of halogens is 3. The minimum absolute atomic E-state index is 0.310. The van der Waals surface area contributed by atoms with Crippen LogP contribution in [0.5, 0.6) is 0 Å². The molecular weight excluding hydrogens is 313 g/mol. The Bertz CT molecular complexity index is 880. The molecule has 1 aliphatic rings. The Morgan fingerprint density at radius 1 is 1.00 bits per heavy atom. The molecule has 1 aliphatic heterocycles. The van der Waals surface area contributed by atoms with Crippen LogP contribution in [0.3, 0.4) is 0 Å². The number of benzene rings is 2. The molecule has 0 fully saturated rings. The summed E-state index contributed by atoms with van der Waals surface area (Å²) in [5.41, 5.74) is 3.31. The minimum atomic E-state index is -4.31. The van der Waals surface area contributed by atoms with Gasteiger partial charge in [-0.05, 0) is 29.7 Å². The number of hydrogen-bond donors (Lipinski definition) is 1. The molecule has 124 valence electrons. The van der Waals surface area contributed by atoms with Crippen LogP contribution in [0, 0.1) is 0 Å². The zero-order chi connectivity index (χ0) is 16.7. The second-order valence-electron chi connectivity index (χ2n) is 6.24. The van der Waals surface area contributed by atoms with E-state index in [-0.39, 0.29) is 0 Å². The van der Waals surface area contributed by atoms with Gasteiger partial charge in [-0.25, -0.2) is 0 Å². The molecule has 2 nitrogen and oxygen atoms in total. The number of para-hydroxylation sites is 1. The van der Waals surface area contributed by atoms with Gasteiger partial charge in [0.15, 0.2) is 0 Å². The van der Waals surface area contributed by atoms with Gasteiger partial charge in [0.1, 0.15) is 0 Å². The van der Waals surface area contributed by atoms with E-state index in [1.54, 1.807) is 12.1 Å². The zero-order valence-electron chi connectivity index (χ0n) is 13.0. The fraction of sp³-hybridized carbons (Fsp3) is 0.263. The number of alkyl halides is 3. The van der Waals surface area contributed by atoms with Gasteiger partial charge in [-0.15, -0.1) is 0 Å². The third-order valence-electron chi connectivity index (χ3n) is 4.68. The number of aromatic nitrogens is 1. The normalized spacial score (nSPS) is 15.6. The van der Waals surface area contributed by atoms with E-state index in [9.17, 15) is 13.2 Å². The van der Waals surface area contributed by atoms with Gasteiger partial charge in [-0.3, -0.25) is 4.90 Å². The Labute approximate surface area is 137 Å². The van der Waals surface area contributed by atoms with Gasteiger partial charge in [0.05, 0.1) is 5.56 Å². The summed E-state index contributed by atoms with van der Waals surface area (Å²) in [5.74, 6) is 0. The van der Waals surface area contributed by atoms with Crippen LogP contribution in [0.15, 0.2) is 48.5 Å². The summed E-state index contributed by atoms with van der Waals surface area (Å²) in [5, 5.41) is 1.22. The van der Waals surface area contributed by atoms with Gasteiger partial charge in [0.2, 0.25) is 0 Å². The van der Waals surface area contributed by atoms with Crippen molar-refractivity contribution in [3.8, 4) is 0 Å². The van der Waals surface area contributed by atoms with Gasteiger partial charge >= 0.3 is 6.18 Å². The summed E-state index contributed by atoms with van der Waals surface area (Å²) in [6.07, 6.45) is -3.45. The molecule has 2 aromatic carbocycles. The summed E-state index contributed by atoms with van der Waals surface area (Å²) in [6, 6.07) is 14.0. The second kappa shape index (κ2) is 5.67. The fourth-order valence-electron chi connectivity index (χ4n) is 3.56. The first-order chi connectivity index (χ1) is 11.5. The lowest BCUT2D eigenvalue weighted by molar-refractivity contribution is -0.138. The molecule has 4 rings (SSSR count). The van der Waals surface area contributed by atoms with E-state index >= 15 is 0 Å². The highest BCUT2D eigenvalue weighted by Crippen LogP contribution is 2.33. The number of H-pyrrole nitrogens is 1. The summed E-state index contributed by atoms with van der Waals surface area (Å²) >= 11 is 0. The number of aromatic amines is 1. The van der Waals surface area contributed by atoms with Gasteiger partial charge < -0.3 is 4.98 Å². The van der Waals surface area contributed by atoms with Gasteiger partial charge in [0.25, 0.3) is 0 Å². The smallest absolute Gasteiger partial charge is 0.357 e. The lowest BCUT2D eigenvalue weighted by Gasteiger charge is -2.28. The molecule has 0 aliphatic carbocycles. The predicted octanol–water partition coefficient (Wildman–Crippen LogP) is 4.75. The highest BCUT2D eigenvalue weighted by Gasteiger charge is 2.33. The van der Waals surface area contributed by atoms with Gasteiger partial charge in [-0.1, -0.05) is 36.4 Å². The van der Waals surface area contributed by atoms with Gasteiger partial charge in [0, 0.05) is 36.2 Å². The van der Waals surface area contributed by atoms with E-state index in [0.717, 1.165) is 30.2 Å². The summed E-state index contributed by atoms with van der Waals surface area (Å²) < 4.78 is 39.5. The van der Waals surface area contributed by atoms with Crippen molar-refractivity contribution in [2.75, 3.05) is 6.54 Å². The van der Waals surface area contributed by atoms with E-state index in [4.69, 9.17) is 0 Å². The van der Waals surface area contributed by atoms with Crippen LogP contribution in [0.2, 0.25) is 0 Å². The number of nitrogens with zero attached hydrogens (tertiary/aromatic N) is 1. The topological polar surface area (TPSA) is 19.0 Å². The molecule has 0 atom stereocenters. The zero-order valence-corrected chi connectivity index (χ0v) is 13.0. The SMILES string of the molecule is FC(F)(F)c1ccccc1CN1CCc2c([nH]c3ccccc23)C1. The van der Waals surface area contributed by atoms with E-state index in [1.165, 1.54) is 17.0 Å². The maximum Gasteiger partial charge on any atom is 0.416 e. The molecule has 5 heteroatoms. The molecule has 0 amide bonds. The average Bonchev–Trinajstić information content (AvgIpc) is 2.92. The molecular formula is C19H17F3N2. The first-order valence-electron chi connectivity index (χ1n) is 7.98. The Balaban J connectivity index is 1.60. The lowest BCUT2D eigenvalue weighted by atomic mass is 10.0. The van der Waals surface area contributed by atoms with Crippen LogP contribution in [0.25, 0.3) is 10.9 Å². The molecule has 3 aromatic rings. The summed E-state index contributed by atoms with van der Waals surface area (Å²) in [4.78, 5) is 5.48. The largest absolute Gasteiger partial charge is 0.416 e. The Morgan fingerprint density at radius 2 is 1.75 bits per heavy atom. The van der Waals surface area contributed by atoms with Crippen LogP contribution < -0.4 is 0 Å². The highest BCUT2D eigenvalue weighted by molar-refractivity contribution is 5.84. The number of hydrogen-bond acceptors (Lipinski definition) is 1. The standard InChI is InChI=1S/C19H17F3N2/c20-19(21,22)16-7-3-1-5-13(16)11-24-10-9-15-14-6-2-4-8-17(14)23-18(15)12-24/h1-8,23H,9-12H2. The van der Waals surface area contributed by atoms with Crippen molar-refractivity contribution >= 4 is 10.9 Å². The average molecular weight is 330 g/mol. The summed E-state index contributed by atoms with van der Waals surface area (Å²) in [7, 11) is 0. The van der Waals surface area contributed by atoms with Crippen LogP contribution in [0.4, 0.5) is 13.2 Å². The highest BCUT2D eigenvalue weighted by atomic mass is 19.4. The molecule has 0 bridgehead atoms. The monoisotopic (exact) mass is 330 g/mol. The third kappa shape index (κ3) is 2.69. The molecule has 2 heterocycles. The molecule has 1 N–H and O–H groups in total. The van der Waals surface area contributed by atoms with Gasteiger partial charge in [-0.2, -0.15) is 13.2 Å². The molecule has 0 saturated heterocycles. The van der Waals surface area contributed by atoms with Crippen molar-refractivity contribution in [2.45, 2.75) is 25.7 Å². The molecule has 0 unspecified atom stereocenters. The molecule has 0 saturated carbocycles. The number of fused-ring (bicyclic) bond motifs is 3. The molecule has 0 radical (unpaired) electrons. The summed E-state index contributed by atoms with van der Waals surface area (Å²) in [6.45, 7) is 1.72. The Hall–Kier alpha value is -2.27. The fourth-order valence-corrected chi connectivity index (χ4v) is 3.56. The minimum Gasteiger partial charge on any atom is -0.357 e. The third-order valence-corrected chi connectivity index (χ3v) is 4.68. The predicted molar refractivity (Wildman–Crippen MR) is 87.6 cm³/mol. The Morgan fingerprint density at radius 3 is 2.58 bits per heavy atom. The molecule has 24 heavy (non-hydrogen) atoms. The van der Waals surface area contributed by atoms with Crippen LogP contribution in [-0.2, 0) is 25.7 Å². The van der Waals surface area contributed by atoms with E-state index in [2.05, 4.69) is 16.0 Å². The van der Waals surface area contributed by atoms with Crippen molar-refractivity contribution in [1.82, 2.24) is 9.88 Å². The quantitative estimate of drug-likeness (QED) is 0.719. The Kier molecular flexibility index (Phi) is 3.61. The molecule has 1 aromatic heterocycles. The molecule has 0 spiro atoms. The first-order valence-corrected chi connectivity index (χ1v) is 7.98. The number of rotatable bonds is 2. The van der Waals surface area contributed by atoms with E-state index in [1.807, 2.05) is 18.2 Å². The van der Waals surface area contributed by atoms with Crippen molar-refractivity contribution in [3.05, 3.63) is 70.9 Å². The van der Waals surface area contributed by atoms with Crippen LogP contribution >= 0.6 is 0 Å². The lowest BCUT2D eigenvalue weighted by Crippen LogP contribution is -2.30. The number of nitrogens with one attached hydrogen (secondary N) is 1. The second-order valence-corrected chi connectivity index (χ2v) is 6.24. The van der Waals surface area contributed by atoms with E-state index in [0.29, 0.717) is 18.7 Å². The van der Waals surface area contributed by atoms with Crippen molar-refractivity contribution < 1.29 is 13.2 Å². The maximum atomic E-state index is 13.2. The first kappa shape index (κ1) is 15.3. The maximum absolute atomic E-state index is 13.2. The van der Waals surface area contributed by atoms with Crippen LogP contribution in [-0.4, -0.2) is 16.4 Å².